The molecule has 0 aliphatic carbocycles. The molecule has 4 aromatic rings. The largest absolute Gasteiger partial charge is 0.375 e. The summed E-state index contributed by atoms with van der Waals surface area (Å²) < 4.78 is 17.6. The number of hydrogen-bond acceptors (Lipinski definition) is 6. The Morgan fingerprint density at radius 3 is 2.72 bits per heavy atom. The molecule has 0 radical (unpaired) electrons. The lowest BCUT2D eigenvalue weighted by Gasteiger charge is -2.20. The van der Waals surface area contributed by atoms with E-state index in [9.17, 15) is 4.39 Å². The third kappa shape index (κ3) is 3.26. The van der Waals surface area contributed by atoms with E-state index in [2.05, 4.69) is 15.3 Å². The van der Waals surface area contributed by atoms with Gasteiger partial charge in [-0.1, -0.05) is 0 Å². The molecule has 1 aliphatic heterocycles. The number of aromatic nitrogens is 4. The standard InChI is InChI=1S/C21H23FN6S/c1-12-11-28-20(24-12)17(27(2)3)10-16(26-28)14-8-15(22)19-18(9-14)29-21(25-19)13-4-6-23-7-5-13/h8-11,13,23H,4-7H2,1-3H3. The summed E-state index contributed by atoms with van der Waals surface area (Å²) in [6.07, 6.45) is 4.00. The zero-order chi connectivity index (χ0) is 20.1. The van der Waals surface area contributed by atoms with Crippen molar-refractivity contribution in [2.45, 2.75) is 25.7 Å². The molecule has 0 atom stereocenters. The van der Waals surface area contributed by atoms with Crippen LogP contribution in [0.1, 0.15) is 29.5 Å². The van der Waals surface area contributed by atoms with E-state index in [1.807, 2.05) is 44.2 Å². The number of nitrogens with one attached hydrogen (secondary N) is 1. The number of benzene rings is 1. The predicted molar refractivity (Wildman–Crippen MR) is 115 cm³/mol. The van der Waals surface area contributed by atoms with E-state index in [-0.39, 0.29) is 5.82 Å². The lowest BCUT2D eigenvalue weighted by molar-refractivity contribution is 0.459. The summed E-state index contributed by atoms with van der Waals surface area (Å²) in [6, 6.07) is 5.53. The van der Waals surface area contributed by atoms with E-state index >= 15 is 0 Å². The molecule has 150 valence electrons. The molecule has 1 aromatic carbocycles. The lowest BCUT2D eigenvalue weighted by Crippen LogP contribution is -2.26. The second-order valence-electron chi connectivity index (χ2n) is 7.84. The zero-order valence-electron chi connectivity index (χ0n) is 16.7. The van der Waals surface area contributed by atoms with E-state index in [1.165, 1.54) is 0 Å². The van der Waals surface area contributed by atoms with Crippen molar-refractivity contribution in [3.63, 3.8) is 0 Å². The van der Waals surface area contributed by atoms with Gasteiger partial charge in [0.25, 0.3) is 0 Å². The summed E-state index contributed by atoms with van der Waals surface area (Å²) in [5, 5.41) is 9.11. The number of anilines is 1. The molecule has 29 heavy (non-hydrogen) atoms. The summed E-state index contributed by atoms with van der Waals surface area (Å²) in [7, 11) is 3.95. The predicted octanol–water partition coefficient (Wildman–Crippen LogP) is 3.99. The van der Waals surface area contributed by atoms with Crippen LogP contribution in [0.15, 0.2) is 24.4 Å². The summed E-state index contributed by atoms with van der Waals surface area (Å²) >= 11 is 1.61. The Morgan fingerprint density at radius 1 is 1.17 bits per heavy atom. The highest BCUT2D eigenvalue weighted by Gasteiger charge is 2.21. The van der Waals surface area contributed by atoms with E-state index in [1.54, 1.807) is 21.9 Å². The molecule has 0 saturated carbocycles. The monoisotopic (exact) mass is 410 g/mol. The fraction of sp³-hybridized carbons (Fsp3) is 0.381. The first kappa shape index (κ1) is 18.4. The molecule has 5 rings (SSSR count). The highest BCUT2D eigenvalue weighted by molar-refractivity contribution is 7.18. The maximum Gasteiger partial charge on any atom is 0.177 e. The third-order valence-electron chi connectivity index (χ3n) is 5.46. The lowest BCUT2D eigenvalue weighted by atomic mass is 9.99. The van der Waals surface area contributed by atoms with Crippen molar-refractivity contribution < 1.29 is 4.39 Å². The average molecular weight is 411 g/mol. The number of nitrogens with zero attached hydrogens (tertiary/aromatic N) is 5. The summed E-state index contributed by atoms with van der Waals surface area (Å²) in [4.78, 5) is 11.2. The Bertz CT molecular complexity index is 1210. The van der Waals surface area contributed by atoms with Crippen molar-refractivity contribution >= 4 is 32.9 Å². The van der Waals surface area contributed by atoms with E-state index in [4.69, 9.17) is 5.10 Å². The van der Waals surface area contributed by atoms with E-state index in [0.717, 1.165) is 63.9 Å². The number of hydrogen-bond donors (Lipinski definition) is 1. The zero-order valence-corrected chi connectivity index (χ0v) is 17.6. The molecule has 8 heteroatoms. The molecule has 6 nitrogen and oxygen atoms in total. The minimum atomic E-state index is -0.288. The van der Waals surface area contributed by atoms with Crippen LogP contribution in [0.25, 0.3) is 27.1 Å². The number of imidazole rings is 1. The molecule has 1 N–H and O–H groups in total. The van der Waals surface area contributed by atoms with Gasteiger partial charge in [0.1, 0.15) is 5.52 Å². The number of fused-ring (bicyclic) bond motifs is 2. The van der Waals surface area contributed by atoms with Crippen molar-refractivity contribution in [1.29, 1.82) is 0 Å². The van der Waals surface area contributed by atoms with Gasteiger partial charge in [-0.15, -0.1) is 11.3 Å². The molecule has 0 bridgehead atoms. The van der Waals surface area contributed by atoms with Crippen LogP contribution in [0, 0.1) is 12.7 Å². The maximum atomic E-state index is 15.0. The van der Waals surface area contributed by atoms with Crippen molar-refractivity contribution in [3.8, 4) is 11.3 Å². The van der Waals surface area contributed by atoms with Gasteiger partial charge in [-0.25, -0.2) is 18.9 Å². The van der Waals surface area contributed by atoms with Gasteiger partial charge in [0.2, 0.25) is 0 Å². The smallest absolute Gasteiger partial charge is 0.177 e. The first-order valence-electron chi connectivity index (χ1n) is 9.85. The van der Waals surface area contributed by atoms with Gasteiger partial charge in [0.05, 0.1) is 33.0 Å². The van der Waals surface area contributed by atoms with Gasteiger partial charge in [0, 0.05) is 25.6 Å². The van der Waals surface area contributed by atoms with E-state index < -0.39 is 0 Å². The van der Waals surface area contributed by atoms with Crippen molar-refractivity contribution in [2.24, 2.45) is 0 Å². The number of rotatable bonds is 3. The molecule has 1 aliphatic rings. The van der Waals surface area contributed by atoms with Crippen LogP contribution in [-0.2, 0) is 0 Å². The Hall–Kier alpha value is -2.58. The van der Waals surface area contributed by atoms with Crippen LogP contribution in [0.4, 0.5) is 10.1 Å². The molecule has 3 aromatic heterocycles. The van der Waals surface area contributed by atoms with Crippen LogP contribution >= 0.6 is 11.3 Å². The maximum absolute atomic E-state index is 15.0. The first-order valence-corrected chi connectivity index (χ1v) is 10.7. The minimum absolute atomic E-state index is 0.288. The van der Waals surface area contributed by atoms with Gasteiger partial charge in [-0.2, -0.15) is 5.10 Å². The second-order valence-corrected chi connectivity index (χ2v) is 8.90. The number of aryl methyl sites for hydroxylation is 1. The van der Waals surface area contributed by atoms with Crippen molar-refractivity contribution in [3.05, 3.63) is 40.9 Å². The number of thiazole rings is 1. The Morgan fingerprint density at radius 2 is 1.97 bits per heavy atom. The first-order chi connectivity index (χ1) is 14.0. The van der Waals surface area contributed by atoms with E-state index in [0.29, 0.717) is 11.4 Å². The van der Waals surface area contributed by atoms with Gasteiger partial charge >= 0.3 is 0 Å². The molecule has 1 saturated heterocycles. The number of halogens is 1. The van der Waals surface area contributed by atoms with Crippen LogP contribution in [0.5, 0.6) is 0 Å². The summed E-state index contributed by atoms with van der Waals surface area (Å²) in [5.41, 5.74) is 4.59. The third-order valence-corrected chi connectivity index (χ3v) is 6.62. The molecule has 0 spiro atoms. The summed E-state index contributed by atoms with van der Waals surface area (Å²) in [6.45, 7) is 3.94. The highest BCUT2D eigenvalue weighted by atomic mass is 32.1. The normalized spacial score (nSPS) is 15.4. The molecular weight excluding hydrogens is 387 g/mol. The SMILES string of the molecule is Cc1cn2nc(-c3cc(F)c4nc(C5CCNCC5)sc4c3)cc(N(C)C)c2n1. The van der Waals surface area contributed by atoms with Crippen molar-refractivity contribution in [2.75, 3.05) is 32.1 Å². The quantitative estimate of drug-likeness (QED) is 0.554. The highest BCUT2D eigenvalue weighted by Crippen LogP contribution is 2.36. The molecule has 0 amide bonds. The van der Waals surface area contributed by atoms with Gasteiger partial charge in [-0.3, -0.25) is 0 Å². The van der Waals surface area contributed by atoms with Gasteiger partial charge < -0.3 is 10.2 Å². The van der Waals surface area contributed by atoms with Crippen LogP contribution < -0.4 is 10.2 Å². The topological polar surface area (TPSA) is 58.4 Å². The average Bonchev–Trinajstić information content (AvgIpc) is 3.30. The van der Waals surface area contributed by atoms with Crippen LogP contribution in [0.2, 0.25) is 0 Å². The Kier molecular flexibility index (Phi) is 4.48. The molecule has 4 heterocycles. The molecular formula is C21H23FN6S. The van der Waals surface area contributed by atoms with Gasteiger partial charge in [-0.05, 0) is 51.1 Å². The second kappa shape index (κ2) is 7.03. The fourth-order valence-electron chi connectivity index (χ4n) is 3.94. The van der Waals surface area contributed by atoms with Gasteiger partial charge in [0.15, 0.2) is 11.5 Å². The Labute approximate surface area is 172 Å². The summed E-state index contributed by atoms with van der Waals surface area (Å²) in [5.74, 6) is 0.129. The van der Waals surface area contributed by atoms with Crippen molar-refractivity contribution in [1.82, 2.24) is 24.9 Å². The fourth-order valence-corrected chi connectivity index (χ4v) is 5.13. The van der Waals surface area contributed by atoms with Crippen LogP contribution in [-0.4, -0.2) is 46.8 Å². The molecule has 1 fully saturated rings. The number of piperidine rings is 1. The minimum Gasteiger partial charge on any atom is -0.375 e. The Balaban J connectivity index is 1.63. The molecule has 0 unspecified atom stereocenters. The van der Waals surface area contributed by atoms with Crippen LogP contribution in [0.3, 0.4) is 0 Å².